The van der Waals surface area contributed by atoms with Gasteiger partial charge in [0.05, 0.1) is 11.7 Å². The Morgan fingerprint density at radius 2 is 2.43 bits per heavy atom. The maximum atomic E-state index is 4.19. The molecule has 0 unspecified atom stereocenters. The molecule has 1 heterocycles. The van der Waals surface area contributed by atoms with E-state index in [-0.39, 0.29) is 0 Å². The van der Waals surface area contributed by atoms with Crippen molar-refractivity contribution in [1.82, 2.24) is 15.1 Å². The van der Waals surface area contributed by atoms with Crippen LogP contribution < -0.4 is 5.32 Å². The van der Waals surface area contributed by atoms with Crippen LogP contribution >= 0.6 is 0 Å². The molecule has 0 spiro atoms. The van der Waals surface area contributed by atoms with Gasteiger partial charge in [0, 0.05) is 19.0 Å². The van der Waals surface area contributed by atoms with E-state index in [1.54, 1.807) is 6.20 Å². The van der Waals surface area contributed by atoms with E-state index in [2.05, 4.69) is 35.2 Å². The summed E-state index contributed by atoms with van der Waals surface area (Å²) in [5.41, 5.74) is 2.40. The second-order valence-corrected chi connectivity index (χ2v) is 3.25. The summed E-state index contributed by atoms with van der Waals surface area (Å²) in [7, 11) is 1.95. The van der Waals surface area contributed by atoms with Gasteiger partial charge in [-0.15, -0.1) is 0 Å². The highest BCUT2D eigenvalue weighted by atomic mass is 15.2. The molecule has 0 aliphatic heterocycles. The minimum absolute atomic E-state index is 0.814. The van der Waals surface area contributed by atoms with Crippen molar-refractivity contribution in [1.29, 1.82) is 0 Å². The lowest BCUT2D eigenvalue weighted by Gasteiger charge is -2.01. The maximum Gasteiger partial charge on any atom is 0.0679 e. The average Bonchev–Trinajstić information content (AvgIpc) is 2.57. The monoisotopic (exact) mass is 187 g/mol. The second-order valence-electron chi connectivity index (χ2n) is 3.25. The molecule has 72 valence electrons. The van der Waals surface area contributed by atoms with Gasteiger partial charge in [-0.1, -0.05) is 12.6 Å². The number of benzene rings is 1. The van der Waals surface area contributed by atoms with E-state index in [0.29, 0.717) is 0 Å². The van der Waals surface area contributed by atoms with Crippen LogP contribution in [-0.2, 0) is 13.6 Å². The molecule has 1 aromatic carbocycles. The molecule has 0 aliphatic rings. The molecule has 0 radical (unpaired) electrons. The first-order valence-corrected chi connectivity index (χ1v) is 4.56. The number of nitrogens with zero attached hydrogens (tertiary/aromatic N) is 2. The quantitative estimate of drug-likeness (QED) is 0.794. The minimum atomic E-state index is 0.814. The van der Waals surface area contributed by atoms with Crippen molar-refractivity contribution in [3.05, 3.63) is 42.7 Å². The number of nitrogens with one attached hydrogen (secondary N) is 1. The van der Waals surface area contributed by atoms with Crippen LogP contribution in [0.3, 0.4) is 0 Å². The second kappa shape index (κ2) is 3.54. The lowest BCUT2D eigenvalue weighted by Crippen LogP contribution is -2.03. The minimum Gasteiger partial charge on any atom is -0.387 e. The zero-order valence-corrected chi connectivity index (χ0v) is 8.20. The fourth-order valence-electron chi connectivity index (χ4n) is 1.51. The van der Waals surface area contributed by atoms with Crippen LogP contribution in [-0.4, -0.2) is 9.78 Å². The summed E-state index contributed by atoms with van der Waals surface area (Å²) in [4.78, 5) is 0. The van der Waals surface area contributed by atoms with Gasteiger partial charge in [-0.2, -0.15) is 5.10 Å². The highest BCUT2D eigenvalue weighted by Gasteiger charge is 1.99. The van der Waals surface area contributed by atoms with Crippen LogP contribution in [0.25, 0.3) is 10.9 Å². The van der Waals surface area contributed by atoms with Gasteiger partial charge < -0.3 is 5.32 Å². The van der Waals surface area contributed by atoms with Crippen LogP contribution in [0, 0.1) is 0 Å². The molecule has 0 fully saturated rings. The third-order valence-electron chi connectivity index (χ3n) is 2.26. The Morgan fingerprint density at radius 3 is 3.21 bits per heavy atom. The number of aromatic nitrogens is 2. The topological polar surface area (TPSA) is 29.9 Å². The van der Waals surface area contributed by atoms with Crippen molar-refractivity contribution in [3.63, 3.8) is 0 Å². The molecule has 0 aliphatic carbocycles. The predicted molar refractivity (Wildman–Crippen MR) is 57.8 cm³/mol. The molecule has 0 amide bonds. The molecule has 3 heteroatoms. The van der Waals surface area contributed by atoms with Crippen LogP contribution in [0.4, 0.5) is 0 Å². The smallest absolute Gasteiger partial charge is 0.0679 e. The number of hydrogen-bond acceptors (Lipinski definition) is 2. The van der Waals surface area contributed by atoms with Crippen LogP contribution in [0.1, 0.15) is 5.56 Å². The summed E-state index contributed by atoms with van der Waals surface area (Å²) in [5, 5.41) is 8.44. The van der Waals surface area contributed by atoms with Gasteiger partial charge in [0.2, 0.25) is 0 Å². The summed E-state index contributed by atoms with van der Waals surface area (Å²) in [5.74, 6) is 0. The zero-order valence-electron chi connectivity index (χ0n) is 8.20. The Hall–Kier alpha value is -1.77. The normalized spacial score (nSPS) is 10.4. The number of fused-ring (bicyclic) bond motifs is 1. The molecule has 1 N–H and O–H groups in total. The van der Waals surface area contributed by atoms with Crippen molar-refractivity contribution in [2.45, 2.75) is 6.54 Å². The van der Waals surface area contributed by atoms with Gasteiger partial charge in [-0.3, -0.25) is 4.68 Å². The molecule has 0 bridgehead atoms. The van der Waals surface area contributed by atoms with Crippen molar-refractivity contribution >= 4 is 10.9 Å². The van der Waals surface area contributed by atoms with Crippen molar-refractivity contribution in [3.8, 4) is 0 Å². The maximum absolute atomic E-state index is 4.19. The molecular formula is C11H13N3. The van der Waals surface area contributed by atoms with Crippen LogP contribution in [0.2, 0.25) is 0 Å². The highest BCUT2D eigenvalue weighted by molar-refractivity contribution is 5.79. The molecule has 0 saturated heterocycles. The number of rotatable bonds is 3. The summed E-state index contributed by atoms with van der Waals surface area (Å²) in [6, 6.07) is 6.32. The predicted octanol–water partition coefficient (Wildman–Crippen LogP) is 1.81. The lowest BCUT2D eigenvalue weighted by atomic mass is 10.1. The SMILES string of the molecule is C=CNCc1ccc2c(cnn2C)c1. The number of hydrogen-bond donors (Lipinski definition) is 1. The lowest BCUT2D eigenvalue weighted by molar-refractivity contribution is 0.796. The first-order valence-electron chi connectivity index (χ1n) is 4.56. The van der Waals surface area contributed by atoms with Gasteiger partial charge in [-0.05, 0) is 23.9 Å². The van der Waals surface area contributed by atoms with E-state index in [4.69, 9.17) is 0 Å². The molecule has 0 saturated carbocycles. The molecule has 2 rings (SSSR count). The molecular weight excluding hydrogens is 174 g/mol. The summed E-state index contributed by atoms with van der Waals surface area (Å²) in [6.45, 7) is 4.43. The van der Waals surface area contributed by atoms with E-state index < -0.39 is 0 Å². The third-order valence-corrected chi connectivity index (χ3v) is 2.26. The van der Waals surface area contributed by atoms with E-state index in [1.165, 1.54) is 10.9 Å². The zero-order chi connectivity index (χ0) is 9.97. The Morgan fingerprint density at radius 1 is 1.57 bits per heavy atom. The fraction of sp³-hybridized carbons (Fsp3) is 0.182. The van der Waals surface area contributed by atoms with Gasteiger partial charge in [0.1, 0.15) is 0 Å². The molecule has 3 nitrogen and oxygen atoms in total. The first-order chi connectivity index (χ1) is 6.81. The summed E-state index contributed by atoms with van der Waals surface area (Å²) >= 11 is 0. The highest BCUT2D eigenvalue weighted by Crippen LogP contribution is 2.14. The van der Waals surface area contributed by atoms with Crippen LogP contribution in [0.15, 0.2) is 37.2 Å². The molecule has 1 aromatic heterocycles. The van der Waals surface area contributed by atoms with Gasteiger partial charge in [-0.25, -0.2) is 0 Å². The first kappa shape index (κ1) is 8.81. The van der Waals surface area contributed by atoms with Gasteiger partial charge in [0.15, 0.2) is 0 Å². The van der Waals surface area contributed by atoms with Gasteiger partial charge >= 0.3 is 0 Å². The number of aryl methyl sites for hydroxylation is 1. The van der Waals surface area contributed by atoms with Crippen molar-refractivity contribution < 1.29 is 0 Å². The fourth-order valence-corrected chi connectivity index (χ4v) is 1.51. The van der Waals surface area contributed by atoms with Crippen LogP contribution in [0.5, 0.6) is 0 Å². The van der Waals surface area contributed by atoms with E-state index in [9.17, 15) is 0 Å². The van der Waals surface area contributed by atoms with E-state index >= 15 is 0 Å². The Labute approximate surface area is 83.0 Å². The Kier molecular flexibility index (Phi) is 2.23. The standard InChI is InChI=1S/C11H13N3/c1-3-12-7-9-4-5-11-10(6-9)8-13-14(11)2/h3-6,8,12H,1,7H2,2H3. The van der Waals surface area contributed by atoms with Crippen molar-refractivity contribution in [2.24, 2.45) is 7.05 Å². The van der Waals surface area contributed by atoms with Crippen molar-refractivity contribution in [2.75, 3.05) is 0 Å². The molecule has 2 aromatic rings. The van der Waals surface area contributed by atoms with Gasteiger partial charge in [0.25, 0.3) is 0 Å². The summed E-state index contributed by atoms with van der Waals surface area (Å²) in [6.07, 6.45) is 3.58. The Balaban J connectivity index is 2.36. The molecule has 0 atom stereocenters. The van der Waals surface area contributed by atoms with E-state index in [1.807, 2.05) is 17.9 Å². The molecule has 14 heavy (non-hydrogen) atoms. The summed E-state index contributed by atoms with van der Waals surface area (Å²) < 4.78 is 1.88. The third kappa shape index (κ3) is 1.48. The van der Waals surface area contributed by atoms with E-state index in [0.717, 1.165) is 12.1 Å². The average molecular weight is 187 g/mol. The largest absolute Gasteiger partial charge is 0.387 e. The Bertz CT molecular complexity index is 457.